The average molecular weight is 208 g/mol. The van der Waals surface area contributed by atoms with Crippen molar-refractivity contribution in [3.05, 3.63) is 11.6 Å². The van der Waals surface area contributed by atoms with E-state index in [2.05, 4.69) is 17.9 Å². The molecule has 0 aromatic carbocycles. The van der Waals surface area contributed by atoms with Crippen molar-refractivity contribution in [1.29, 1.82) is 0 Å². The van der Waals surface area contributed by atoms with Gasteiger partial charge in [-0.25, -0.2) is 0 Å². The zero-order valence-electron chi connectivity index (χ0n) is 9.91. The molecule has 1 heterocycles. The predicted molar refractivity (Wildman–Crippen MR) is 64.7 cm³/mol. The van der Waals surface area contributed by atoms with Crippen LogP contribution >= 0.6 is 0 Å². The second kappa shape index (κ2) is 5.13. The van der Waals surface area contributed by atoms with Crippen LogP contribution in [0.25, 0.3) is 0 Å². The van der Waals surface area contributed by atoms with E-state index < -0.39 is 0 Å². The summed E-state index contributed by atoms with van der Waals surface area (Å²) in [6, 6.07) is 0.463. The van der Waals surface area contributed by atoms with Gasteiger partial charge in [-0.2, -0.15) is 0 Å². The molecule has 0 saturated heterocycles. The topological polar surface area (TPSA) is 29.3 Å². The highest BCUT2D eigenvalue weighted by Gasteiger charge is 2.24. The fraction of sp³-hybridized carbons (Fsp3) is 0.846. The van der Waals surface area contributed by atoms with Crippen molar-refractivity contribution in [2.24, 2.45) is 11.7 Å². The Labute approximate surface area is 93.5 Å². The van der Waals surface area contributed by atoms with Crippen LogP contribution in [-0.4, -0.2) is 30.6 Å². The van der Waals surface area contributed by atoms with Crippen molar-refractivity contribution in [2.45, 2.75) is 45.1 Å². The van der Waals surface area contributed by atoms with Gasteiger partial charge in [0.2, 0.25) is 0 Å². The highest BCUT2D eigenvalue weighted by molar-refractivity contribution is 5.04. The van der Waals surface area contributed by atoms with E-state index in [4.69, 9.17) is 5.73 Å². The largest absolute Gasteiger partial charge is 0.327 e. The smallest absolute Gasteiger partial charge is 0.0190 e. The minimum atomic E-state index is 0.463. The Morgan fingerprint density at radius 3 is 2.93 bits per heavy atom. The van der Waals surface area contributed by atoms with Crippen LogP contribution in [0, 0.1) is 5.92 Å². The predicted octanol–water partition coefficient (Wildman–Crippen LogP) is 2.16. The third-order valence-corrected chi connectivity index (χ3v) is 3.87. The highest BCUT2D eigenvalue weighted by Crippen LogP contribution is 2.24. The second-order valence-electron chi connectivity index (χ2n) is 5.28. The molecule has 86 valence electrons. The lowest BCUT2D eigenvalue weighted by atomic mass is 9.84. The quantitative estimate of drug-likeness (QED) is 0.705. The SMILES string of the molecule is CC1=CCCN(CC2CCCCC2N)C1. The maximum atomic E-state index is 6.19. The van der Waals surface area contributed by atoms with E-state index in [1.165, 1.54) is 57.3 Å². The minimum absolute atomic E-state index is 0.463. The molecule has 0 aromatic rings. The number of rotatable bonds is 2. The molecule has 2 aliphatic rings. The van der Waals surface area contributed by atoms with E-state index in [0.717, 1.165) is 5.92 Å². The summed E-state index contributed by atoms with van der Waals surface area (Å²) in [6.07, 6.45) is 8.93. The molecule has 0 spiro atoms. The lowest BCUT2D eigenvalue weighted by molar-refractivity contribution is 0.191. The summed E-state index contributed by atoms with van der Waals surface area (Å²) < 4.78 is 0. The Morgan fingerprint density at radius 1 is 1.40 bits per heavy atom. The van der Waals surface area contributed by atoms with E-state index in [9.17, 15) is 0 Å². The zero-order chi connectivity index (χ0) is 10.7. The molecular weight excluding hydrogens is 184 g/mol. The van der Waals surface area contributed by atoms with Gasteiger partial charge in [0.05, 0.1) is 0 Å². The van der Waals surface area contributed by atoms with Gasteiger partial charge in [0.25, 0.3) is 0 Å². The fourth-order valence-corrected chi connectivity index (χ4v) is 2.94. The van der Waals surface area contributed by atoms with Gasteiger partial charge >= 0.3 is 0 Å². The summed E-state index contributed by atoms with van der Waals surface area (Å²) in [5.74, 6) is 0.754. The van der Waals surface area contributed by atoms with Crippen molar-refractivity contribution in [1.82, 2.24) is 4.90 Å². The van der Waals surface area contributed by atoms with Gasteiger partial charge in [-0.15, -0.1) is 0 Å². The zero-order valence-corrected chi connectivity index (χ0v) is 9.91. The van der Waals surface area contributed by atoms with Crippen LogP contribution in [0.5, 0.6) is 0 Å². The van der Waals surface area contributed by atoms with Gasteiger partial charge in [0, 0.05) is 25.7 Å². The average Bonchev–Trinajstić information content (AvgIpc) is 2.22. The molecule has 1 saturated carbocycles. The van der Waals surface area contributed by atoms with Crippen LogP contribution in [0.2, 0.25) is 0 Å². The number of hydrogen-bond donors (Lipinski definition) is 1. The summed E-state index contributed by atoms with van der Waals surface area (Å²) in [6.45, 7) is 5.88. The molecule has 15 heavy (non-hydrogen) atoms. The minimum Gasteiger partial charge on any atom is -0.327 e. The first-order chi connectivity index (χ1) is 7.25. The maximum absolute atomic E-state index is 6.19. The first-order valence-corrected chi connectivity index (χ1v) is 6.39. The molecular formula is C13H24N2. The molecule has 2 N–H and O–H groups in total. The molecule has 2 rings (SSSR count). The van der Waals surface area contributed by atoms with E-state index in [1.807, 2.05) is 0 Å². The van der Waals surface area contributed by atoms with Crippen molar-refractivity contribution in [2.75, 3.05) is 19.6 Å². The standard InChI is InChI=1S/C13H24N2/c1-11-5-4-8-15(9-11)10-12-6-2-3-7-13(12)14/h5,12-13H,2-4,6-10,14H2,1H3. The lowest BCUT2D eigenvalue weighted by Crippen LogP contribution is -2.42. The first-order valence-electron chi connectivity index (χ1n) is 6.39. The summed E-state index contributed by atoms with van der Waals surface area (Å²) in [5.41, 5.74) is 7.72. The Hall–Kier alpha value is -0.340. The molecule has 1 aliphatic heterocycles. The summed E-state index contributed by atoms with van der Waals surface area (Å²) in [7, 11) is 0. The van der Waals surface area contributed by atoms with Crippen LogP contribution in [0.4, 0.5) is 0 Å². The number of nitrogens with zero attached hydrogens (tertiary/aromatic N) is 1. The molecule has 1 aliphatic carbocycles. The molecule has 0 radical (unpaired) electrons. The summed E-state index contributed by atoms with van der Waals surface area (Å²) in [4.78, 5) is 2.59. The van der Waals surface area contributed by atoms with Crippen LogP contribution in [0.1, 0.15) is 39.0 Å². The first kappa shape index (κ1) is 11.2. The molecule has 1 fully saturated rings. The lowest BCUT2D eigenvalue weighted by Gasteiger charge is -2.35. The Balaban J connectivity index is 1.83. The molecule has 0 bridgehead atoms. The number of hydrogen-bond acceptors (Lipinski definition) is 2. The van der Waals surface area contributed by atoms with Crippen molar-refractivity contribution in [3.8, 4) is 0 Å². The van der Waals surface area contributed by atoms with Gasteiger partial charge < -0.3 is 5.73 Å². The van der Waals surface area contributed by atoms with Crippen LogP contribution < -0.4 is 5.73 Å². The summed E-state index contributed by atoms with van der Waals surface area (Å²) >= 11 is 0. The van der Waals surface area contributed by atoms with Crippen LogP contribution in [0.3, 0.4) is 0 Å². The van der Waals surface area contributed by atoms with E-state index in [0.29, 0.717) is 6.04 Å². The van der Waals surface area contributed by atoms with Crippen molar-refractivity contribution < 1.29 is 0 Å². The van der Waals surface area contributed by atoms with Gasteiger partial charge in [-0.3, -0.25) is 4.90 Å². The Kier molecular flexibility index (Phi) is 3.81. The van der Waals surface area contributed by atoms with E-state index in [1.54, 1.807) is 0 Å². The maximum Gasteiger partial charge on any atom is 0.0190 e. The normalized spacial score (nSPS) is 33.9. The highest BCUT2D eigenvalue weighted by atomic mass is 15.1. The summed E-state index contributed by atoms with van der Waals surface area (Å²) in [5, 5.41) is 0. The van der Waals surface area contributed by atoms with Crippen LogP contribution in [-0.2, 0) is 0 Å². The second-order valence-corrected chi connectivity index (χ2v) is 5.28. The molecule has 2 atom stereocenters. The molecule has 0 amide bonds. The Bertz CT molecular complexity index is 235. The molecule has 2 heteroatoms. The van der Waals surface area contributed by atoms with Crippen LogP contribution in [0.15, 0.2) is 11.6 Å². The fourth-order valence-electron chi connectivity index (χ4n) is 2.94. The third-order valence-electron chi connectivity index (χ3n) is 3.87. The van der Waals surface area contributed by atoms with Gasteiger partial charge in [-0.1, -0.05) is 24.5 Å². The van der Waals surface area contributed by atoms with Crippen molar-refractivity contribution >= 4 is 0 Å². The van der Waals surface area contributed by atoms with E-state index in [-0.39, 0.29) is 0 Å². The number of nitrogens with two attached hydrogens (primary N) is 1. The van der Waals surface area contributed by atoms with Crippen molar-refractivity contribution in [3.63, 3.8) is 0 Å². The molecule has 0 aromatic heterocycles. The monoisotopic (exact) mass is 208 g/mol. The molecule has 2 nitrogen and oxygen atoms in total. The molecule has 2 unspecified atom stereocenters. The van der Waals surface area contributed by atoms with Gasteiger partial charge in [0.15, 0.2) is 0 Å². The Morgan fingerprint density at radius 2 is 2.20 bits per heavy atom. The van der Waals surface area contributed by atoms with E-state index >= 15 is 0 Å². The van der Waals surface area contributed by atoms with Gasteiger partial charge in [-0.05, 0) is 32.1 Å². The third kappa shape index (κ3) is 3.05. The van der Waals surface area contributed by atoms with Gasteiger partial charge in [0.1, 0.15) is 0 Å².